The second-order valence-corrected chi connectivity index (χ2v) is 3.05. The first kappa shape index (κ1) is 12.4. The molecule has 0 aliphatic carbocycles. The molecule has 0 radical (unpaired) electrons. The normalized spacial score (nSPS) is 10.4. The SMILES string of the molecule is C=CCC(CC=C)(NC(C)=O)C(=O)O. The van der Waals surface area contributed by atoms with Crippen LogP contribution in [-0.4, -0.2) is 22.5 Å². The summed E-state index contributed by atoms with van der Waals surface area (Å²) in [6.07, 6.45) is 3.28. The Morgan fingerprint density at radius 1 is 1.36 bits per heavy atom. The van der Waals surface area contributed by atoms with Gasteiger partial charge in [0.05, 0.1) is 0 Å². The molecule has 0 spiro atoms. The average Bonchev–Trinajstić information content (AvgIpc) is 2.03. The number of hydrogen-bond acceptors (Lipinski definition) is 2. The Kier molecular flexibility index (Phi) is 4.63. The molecule has 1 amide bonds. The Labute approximate surface area is 83.3 Å². The van der Waals surface area contributed by atoms with Gasteiger partial charge in [0.15, 0.2) is 0 Å². The van der Waals surface area contributed by atoms with Gasteiger partial charge in [0.2, 0.25) is 5.91 Å². The minimum atomic E-state index is -1.30. The molecule has 0 atom stereocenters. The molecule has 0 aliphatic heterocycles. The van der Waals surface area contributed by atoms with E-state index in [2.05, 4.69) is 18.5 Å². The lowest BCUT2D eigenvalue weighted by Crippen LogP contribution is -2.53. The van der Waals surface area contributed by atoms with Gasteiger partial charge in [-0.3, -0.25) is 4.79 Å². The number of aliphatic carboxylic acids is 1. The van der Waals surface area contributed by atoms with Crippen molar-refractivity contribution in [2.24, 2.45) is 0 Å². The van der Waals surface area contributed by atoms with Crippen LogP contribution in [0, 0.1) is 0 Å². The largest absolute Gasteiger partial charge is 0.479 e. The van der Waals surface area contributed by atoms with Gasteiger partial charge in [0.1, 0.15) is 5.54 Å². The monoisotopic (exact) mass is 197 g/mol. The highest BCUT2D eigenvalue weighted by Crippen LogP contribution is 2.17. The molecule has 0 unspecified atom stereocenters. The number of amides is 1. The van der Waals surface area contributed by atoms with Gasteiger partial charge in [-0.25, -0.2) is 4.79 Å². The number of hydrogen-bond donors (Lipinski definition) is 2. The van der Waals surface area contributed by atoms with Gasteiger partial charge in [0.25, 0.3) is 0 Å². The fraction of sp³-hybridized carbons (Fsp3) is 0.400. The van der Waals surface area contributed by atoms with Crippen molar-refractivity contribution in [2.45, 2.75) is 25.3 Å². The highest BCUT2D eigenvalue weighted by Gasteiger charge is 2.36. The van der Waals surface area contributed by atoms with Gasteiger partial charge in [-0.15, -0.1) is 13.2 Å². The number of rotatable bonds is 6. The summed E-state index contributed by atoms with van der Waals surface area (Å²) in [6, 6.07) is 0. The van der Waals surface area contributed by atoms with Crippen molar-refractivity contribution in [2.75, 3.05) is 0 Å². The lowest BCUT2D eigenvalue weighted by Gasteiger charge is -2.27. The second kappa shape index (κ2) is 5.21. The van der Waals surface area contributed by atoms with E-state index in [1.54, 1.807) is 0 Å². The lowest BCUT2D eigenvalue weighted by atomic mass is 9.91. The molecule has 78 valence electrons. The van der Waals surface area contributed by atoms with Crippen LogP contribution in [0.15, 0.2) is 25.3 Å². The van der Waals surface area contributed by atoms with E-state index in [0.717, 1.165) is 0 Å². The van der Waals surface area contributed by atoms with E-state index in [0.29, 0.717) is 0 Å². The number of nitrogens with one attached hydrogen (secondary N) is 1. The van der Waals surface area contributed by atoms with Crippen LogP contribution in [0.5, 0.6) is 0 Å². The van der Waals surface area contributed by atoms with E-state index in [1.807, 2.05) is 0 Å². The zero-order valence-electron chi connectivity index (χ0n) is 8.25. The van der Waals surface area contributed by atoms with Gasteiger partial charge in [-0.2, -0.15) is 0 Å². The van der Waals surface area contributed by atoms with E-state index < -0.39 is 11.5 Å². The van der Waals surface area contributed by atoms with Crippen LogP contribution < -0.4 is 5.32 Å². The quantitative estimate of drug-likeness (QED) is 0.626. The van der Waals surface area contributed by atoms with E-state index >= 15 is 0 Å². The van der Waals surface area contributed by atoms with Crippen LogP contribution in [0.1, 0.15) is 19.8 Å². The van der Waals surface area contributed by atoms with Gasteiger partial charge < -0.3 is 10.4 Å². The van der Waals surface area contributed by atoms with Crippen molar-refractivity contribution in [3.63, 3.8) is 0 Å². The van der Waals surface area contributed by atoms with Gasteiger partial charge in [-0.1, -0.05) is 12.2 Å². The van der Waals surface area contributed by atoms with Crippen molar-refractivity contribution in [1.82, 2.24) is 5.32 Å². The molecule has 2 N–H and O–H groups in total. The summed E-state index contributed by atoms with van der Waals surface area (Å²) in [5, 5.41) is 11.4. The zero-order chi connectivity index (χ0) is 11.2. The minimum Gasteiger partial charge on any atom is -0.479 e. The summed E-state index contributed by atoms with van der Waals surface area (Å²) in [7, 11) is 0. The summed E-state index contributed by atoms with van der Waals surface area (Å²) in [5.74, 6) is -1.45. The second-order valence-electron chi connectivity index (χ2n) is 3.05. The maximum Gasteiger partial charge on any atom is 0.330 e. The molecule has 0 aromatic heterocycles. The zero-order valence-corrected chi connectivity index (χ0v) is 8.25. The molecule has 0 rings (SSSR count). The van der Waals surface area contributed by atoms with Crippen LogP contribution in [0.4, 0.5) is 0 Å². The Morgan fingerprint density at radius 3 is 2.00 bits per heavy atom. The molecule has 0 bridgehead atoms. The van der Waals surface area contributed by atoms with Crippen LogP contribution in [0.25, 0.3) is 0 Å². The standard InChI is InChI=1S/C10H15NO3/c1-4-6-10(7-5-2,9(13)14)11-8(3)12/h4-5H,1-2,6-7H2,3H3,(H,11,12)(H,13,14). The smallest absolute Gasteiger partial charge is 0.330 e. The Morgan fingerprint density at radius 2 is 1.79 bits per heavy atom. The number of carboxylic acids is 1. The van der Waals surface area contributed by atoms with Crippen LogP contribution >= 0.6 is 0 Å². The molecule has 0 aliphatic rings. The first-order valence-corrected chi connectivity index (χ1v) is 4.22. The van der Waals surface area contributed by atoms with Crippen molar-refractivity contribution in [1.29, 1.82) is 0 Å². The van der Waals surface area contributed by atoms with Crippen molar-refractivity contribution < 1.29 is 14.7 Å². The molecule has 0 aromatic rings. The van der Waals surface area contributed by atoms with E-state index in [1.165, 1.54) is 19.1 Å². The summed E-state index contributed by atoms with van der Waals surface area (Å²) in [5.41, 5.74) is -1.30. The highest BCUT2D eigenvalue weighted by molar-refractivity contribution is 5.86. The molecule has 0 heterocycles. The third-order valence-corrected chi connectivity index (χ3v) is 1.81. The van der Waals surface area contributed by atoms with Gasteiger partial charge >= 0.3 is 5.97 Å². The van der Waals surface area contributed by atoms with Crippen molar-refractivity contribution >= 4 is 11.9 Å². The van der Waals surface area contributed by atoms with Crippen molar-refractivity contribution in [3.05, 3.63) is 25.3 Å². The average molecular weight is 197 g/mol. The maximum atomic E-state index is 11.0. The van der Waals surface area contributed by atoms with Crippen LogP contribution in [-0.2, 0) is 9.59 Å². The first-order chi connectivity index (χ1) is 6.48. The Balaban J connectivity index is 4.90. The van der Waals surface area contributed by atoms with Gasteiger partial charge in [0, 0.05) is 6.92 Å². The summed E-state index contributed by atoms with van der Waals surface area (Å²) >= 11 is 0. The molecular weight excluding hydrogens is 182 g/mol. The Bertz CT molecular complexity index is 248. The molecule has 0 saturated heterocycles. The number of carboxylic acid groups (broad SMARTS) is 1. The minimum absolute atomic E-state index is 0.175. The van der Waals surface area contributed by atoms with E-state index in [4.69, 9.17) is 5.11 Å². The topological polar surface area (TPSA) is 66.4 Å². The van der Waals surface area contributed by atoms with E-state index in [-0.39, 0.29) is 18.7 Å². The fourth-order valence-electron chi connectivity index (χ4n) is 1.24. The molecule has 0 fully saturated rings. The predicted octanol–water partition coefficient (Wildman–Crippen LogP) is 1.10. The first-order valence-electron chi connectivity index (χ1n) is 4.22. The van der Waals surface area contributed by atoms with E-state index in [9.17, 15) is 9.59 Å². The van der Waals surface area contributed by atoms with Gasteiger partial charge in [-0.05, 0) is 12.8 Å². The summed E-state index contributed by atoms with van der Waals surface area (Å²) < 4.78 is 0. The fourth-order valence-corrected chi connectivity index (χ4v) is 1.24. The molecule has 0 aromatic carbocycles. The summed E-state index contributed by atoms with van der Waals surface area (Å²) in [6.45, 7) is 8.22. The third kappa shape index (κ3) is 3.05. The van der Waals surface area contributed by atoms with Crippen molar-refractivity contribution in [3.8, 4) is 0 Å². The molecule has 14 heavy (non-hydrogen) atoms. The molecular formula is C10H15NO3. The summed E-state index contributed by atoms with van der Waals surface area (Å²) in [4.78, 5) is 21.9. The predicted molar refractivity (Wildman–Crippen MR) is 53.8 cm³/mol. The van der Waals surface area contributed by atoms with Crippen LogP contribution in [0.3, 0.4) is 0 Å². The third-order valence-electron chi connectivity index (χ3n) is 1.81. The highest BCUT2D eigenvalue weighted by atomic mass is 16.4. The number of carbonyl (C=O) groups is 2. The molecule has 0 saturated carbocycles. The molecule has 4 nitrogen and oxygen atoms in total. The molecule has 4 heteroatoms. The Hall–Kier alpha value is -1.58. The lowest BCUT2D eigenvalue weighted by molar-refractivity contribution is -0.147. The maximum absolute atomic E-state index is 11.0. The van der Waals surface area contributed by atoms with Crippen LogP contribution in [0.2, 0.25) is 0 Å². The number of carbonyl (C=O) groups excluding carboxylic acids is 1.